The van der Waals surface area contributed by atoms with Crippen molar-refractivity contribution in [3.8, 4) is 5.88 Å². The number of pyridine rings is 1. The molecule has 1 saturated carbocycles. The average molecular weight is 364 g/mol. The summed E-state index contributed by atoms with van der Waals surface area (Å²) in [6, 6.07) is 1.11. The van der Waals surface area contributed by atoms with Crippen LogP contribution in [0.25, 0.3) is 0 Å². The fraction of sp³-hybridized carbons (Fsp3) is 0.533. The summed E-state index contributed by atoms with van der Waals surface area (Å²) in [5.74, 6) is -6.37. The van der Waals surface area contributed by atoms with E-state index in [-0.39, 0.29) is 17.5 Å². The molecule has 1 heterocycles. The number of halogens is 4. The molecule has 2 rings (SSSR count). The van der Waals surface area contributed by atoms with Crippen LogP contribution in [0.1, 0.15) is 30.1 Å². The van der Waals surface area contributed by atoms with Crippen LogP contribution in [0.5, 0.6) is 5.88 Å². The van der Waals surface area contributed by atoms with Gasteiger partial charge in [-0.1, -0.05) is 0 Å². The molecular formula is C15H16F4N2O4. The highest BCUT2D eigenvalue weighted by Gasteiger charge is 2.42. The van der Waals surface area contributed by atoms with E-state index in [1.54, 1.807) is 0 Å². The second kappa shape index (κ2) is 7.24. The van der Waals surface area contributed by atoms with Crippen molar-refractivity contribution in [2.24, 2.45) is 0 Å². The van der Waals surface area contributed by atoms with Gasteiger partial charge < -0.3 is 14.7 Å². The number of alkyl halides is 4. The minimum Gasteiger partial charge on any atom is -0.480 e. The Labute approximate surface area is 140 Å². The van der Waals surface area contributed by atoms with Gasteiger partial charge in [-0.15, -0.1) is 0 Å². The number of carbonyl (C=O) groups excluding carboxylic acids is 1. The molecule has 25 heavy (non-hydrogen) atoms. The standard InChI is InChI=1S/C15H16F4N2O4/c1-8(13(23)24)21(10-3-4-10)12(22)9-2-5-11(20-6-9)25-7-15(18,19)14(16)17/h2,5-6,8,10,14H,3-4,7H2,1H3,(H,23,24). The van der Waals surface area contributed by atoms with Crippen LogP contribution in [0.3, 0.4) is 0 Å². The van der Waals surface area contributed by atoms with Gasteiger partial charge in [-0.05, 0) is 25.8 Å². The maximum Gasteiger partial charge on any atom is 0.340 e. The van der Waals surface area contributed by atoms with Crippen molar-refractivity contribution in [2.75, 3.05) is 6.61 Å². The van der Waals surface area contributed by atoms with Gasteiger partial charge >= 0.3 is 18.3 Å². The van der Waals surface area contributed by atoms with Gasteiger partial charge in [0.25, 0.3) is 5.91 Å². The summed E-state index contributed by atoms with van der Waals surface area (Å²) in [5.41, 5.74) is 0.0490. The van der Waals surface area contributed by atoms with E-state index < -0.39 is 36.9 Å². The number of carboxylic acids is 1. The van der Waals surface area contributed by atoms with Gasteiger partial charge in [0.05, 0.1) is 5.56 Å². The van der Waals surface area contributed by atoms with Crippen molar-refractivity contribution in [3.63, 3.8) is 0 Å². The molecule has 0 aromatic carbocycles. The number of carbonyl (C=O) groups is 2. The molecule has 1 amide bonds. The number of hydrogen-bond acceptors (Lipinski definition) is 4. The predicted molar refractivity (Wildman–Crippen MR) is 77.0 cm³/mol. The van der Waals surface area contributed by atoms with Crippen molar-refractivity contribution >= 4 is 11.9 Å². The molecule has 1 aliphatic rings. The lowest BCUT2D eigenvalue weighted by molar-refractivity contribution is -0.148. The van der Waals surface area contributed by atoms with E-state index >= 15 is 0 Å². The number of nitrogens with zero attached hydrogens (tertiary/aromatic N) is 2. The molecular weight excluding hydrogens is 348 g/mol. The third-order valence-corrected chi connectivity index (χ3v) is 3.66. The monoisotopic (exact) mass is 364 g/mol. The Morgan fingerprint density at radius 2 is 2.04 bits per heavy atom. The van der Waals surface area contributed by atoms with Gasteiger partial charge in [0.15, 0.2) is 6.61 Å². The van der Waals surface area contributed by atoms with E-state index in [0.717, 1.165) is 12.3 Å². The molecule has 0 aliphatic heterocycles. The predicted octanol–water partition coefficient (Wildman–Crippen LogP) is 2.44. The summed E-state index contributed by atoms with van der Waals surface area (Å²) in [5, 5.41) is 9.10. The van der Waals surface area contributed by atoms with Crippen LogP contribution in [0, 0.1) is 0 Å². The third kappa shape index (κ3) is 4.58. The number of ether oxygens (including phenoxy) is 1. The van der Waals surface area contributed by atoms with E-state index in [1.165, 1.54) is 17.9 Å². The Kier molecular flexibility index (Phi) is 5.48. The minimum absolute atomic E-state index is 0.0490. The number of rotatable bonds is 8. The van der Waals surface area contributed by atoms with Gasteiger partial charge in [-0.2, -0.15) is 8.78 Å². The van der Waals surface area contributed by atoms with Crippen LogP contribution >= 0.6 is 0 Å². The maximum absolute atomic E-state index is 12.8. The molecule has 138 valence electrons. The van der Waals surface area contributed by atoms with Crippen molar-refractivity contribution in [1.29, 1.82) is 0 Å². The number of amides is 1. The zero-order chi connectivity index (χ0) is 18.8. The fourth-order valence-corrected chi connectivity index (χ4v) is 2.10. The molecule has 1 aromatic rings. The van der Waals surface area contributed by atoms with Crippen molar-refractivity contribution in [2.45, 2.75) is 44.2 Å². The zero-order valence-corrected chi connectivity index (χ0v) is 13.2. The van der Waals surface area contributed by atoms with E-state index in [1.807, 2.05) is 0 Å². The average Bonchev–Trinajstić information content (AvgIpc) is 3.38. The highest BCUT2D eigenvalue weighted by atomic mass is 19.3. The molecule has 0 radical (unpaired) electrons. The molecule has 1 unspecified atom stereocenters. The molecule has 1 atom stereocenters. The Balaban J connectivity index is 2.05. The van der Waals surface area contributed by atoms with Crippen molar-refractivity contribution in [3.05, 3.63) is 23.9 Å². The van der Waals surface area contributed by atoms with Gasteiger partial charge in [-0.25, -0.2) is 18.6 Å². The Morgan fingerprint density at radius 1 is 1.40 bits per heavy atom. The first-order chi connectivity index (χ1) is 11.6. The normalized spacial score (nSPS) is 15.8. The van der Waals surface area contributed by atoms with Gasteiger partial charge in [0.1, 0.15) is 6.04 Å². The SMILES string of the molecule is CC(C(=O)O)N(C(=O)c1ccc(OCC(F)(F)C(F)F)nc1)C1CC1. The van der Waals surface area contributed by atoms with E-state index in [2.05, 4.69) is 9.72 Å². The molecule has 6 nitrogen and oxygen atoms in total. The molecule has 0 bridgehead atoms. The molecule has 1 aliphatic carbocycles. The molecule has 1 fully saturated rings. The largest absolute Gasteiger partial charge is 0.480 e. The van der Waals surface area contributed by atoms with Gasteiger partial charge in [0.2, 0.25) is 5.88 Å². The first-order valence-electron chi connectivity index (χ1n) is 7.43. The summed E-state index contributed by atoms with van der Waals surface area (Å²) >= 11 is 0. The summed E-state index contributed by atoms with van der Waals surface area (Å²) in [6.45, 7) is -0.162. The first kappa shape index (κ1) is 18.9. The number of hydrogen-bond donors (Lipinski definition) is 1. The molecule has 10 heteroatoms. The van der Waals surface area contributed by atoms with Crippen molar-refractivity contribution < 1.29 is 37.0 Å². The molecule has 0 spiro atoms. The number of aromatic nitrogens is 1. The molecule has 1 N–H and O–H groups in total. The summed E-state index contributed by atoms with van der Waals surface area (Å²) in [6.07, 6.45) is -1.44. The Bertz CT molecular complexity index is 635. The third-order valence-electron chi connectivity index (χ3n) is 3.66. The number of carboxylic acid groups (broad SMARTS) is 1. The van der Waals surface area contributed by atoms with Gasteiger partial charge in [0, 0.05) is 18.3 Å². The van der Waals surface area contributed by atoms with E-state index in [9.17, 15) is 27.2 Å². The second-order valence-corrected chi connectivity index (χ2v) is 5.69. The quantitative estimate of drug-likeness (QED) is 0.717. The fourth-order valence-electron chi connectivity index (χ4n) is 2.10. The maximum atomic E-state index is 12.8. The lowest BCUT2D eigenvalue weighted by Crippen LogP contribution is -2.44. The van der Waals surface area contributed by atoms with Crippen LogP contribution < -0.4 is 4.74 Å². The lowest BCUT2D eigenvalue weighted by atomic mass is 10.2. The van der Waals surface area contributed by atoms with Crippen LogP contribution in [0.15, 0.2) is 18.3 Å². The summed E-state index contributed by atoms with van der Waals surface area (Å²) in [7, 11) is 0. The zero-order valence-electron chi connectivity index (χ0n) is 13.2. The summed E-state index contributed by atoms with van der Waals surface area (Å²) < 4.78 is 54.2. The number of aliphatic carboxylic acids is 1. The Hall–Kier alpha value is -2.39. The lowest BCUT2D eigenvalue weighted by Gasteiger charge is -2.26. The van der Waals surface area contributed by atoms with E-state index in [4.69, 9.17) is 5.11 Å². The summed E-state index contributed by atoms with van der Waals surface area (Å²) in [4.78, 5) is 28.4. The highest BCUT2D eigenvalue weighted by Crippen LogP contribution is 2.30. The van der Waals surface area contributed by atoms with Crippen LogP contribution in [-0.2, 0) is 4.79 Å². The minimum atomic E-state index is -4.31. The molecule has 0 saturated heterocycles. The van der Waals surface area contributed by atoms with Crippen LogP contribution in [-0.4, -0.2) is 57.9 Å². The topological polar surface area (TPSA) is 79.7 Å². The highest BCUT2D eigenvalue weighted by molar-refractivity contribution is 5.96. The van der Waals surface area contributed by atoms with Gasteiger partial charge in [-0.3, -0.25) is 4.79 Å². The first-order valence-corrected chi connectivity index (χ1v) is 7.43. The van der Waals surface area contributed by atoms with E-state index in [0.29, 0.717) is 12.8 Å². The van der Waals surface area contributed by atoms with Crippen LogP contribution in [0.2, 0.25) is 0 Å². The second-order valence-electron chi connectivity index (χ2n) is 5.69. The van der Waals surface area contributed by atoms with Crippen LogP contribution in [0.4, 0.5) is 17.6 Å². The smallest absolute Gasteiger partial charge is 0.340 e. The van der Waals surface area contributed by atoms with Crippen molar-refractivity contribution in [1.82, 2.24) is 9.88 Å². The molecule has 1 aromatic heterocycles. The Morgan fingerprint density at radius 3 is 2.48 bits per heavy atom.